The molecule has 1 aromatic carbocycles. The van der Waals surface area contributed by atoms with Gasteiger partial charge in [0.1, 0.15) is 9.71 Å². The number of carbonyl (C=O) groups excluding carboxylic acids is 2. The van der Waals surface area contributed by atoms with Crippen molar-refractivity contribution in [2.75, 3.05) is 18.8 Å². The van der Waals surface area contributed by atoms with Crippen LogP contribution in [0.5, 0.6) is 0 Å². The second-order valence-corrected chi connectivity index (χ2v) is 6.81. The standard InChI is InChI=1S/C18H19N5O2S/c1-10-11(2)22-23-18-13(10)14(19)15(26-18)17(25)21-9-8-20-16(24)12-6-4-3-5-7-12/h3-7H,8-9,19H2,1-2H3,(H,20,24)(H,21,25). The van der Waals surface area contributed by atoms with Crippen LogP contribution in [0.25, 0.3) is 10.2 Å². The van der Waals surface area contributed by atoms with Crippen LogP contribution in [0, 0.1) is 13.8 Å². The van der Waals surface area contributed by atoms with Crippen LogP contribution in [-0.4, -0.2) is 35.1 Å². The van der Waals surface area contributed by atoms with Crippen molar-refractivity contribution in [3.8, 4) is 0 Å². The quantitative estimate of drug-likeness (QED) is 0.596. The SMILES string of the molecule is Cc1nnc2sc(C(=O)NCCNC(=O)c3ccccc3)c(N)c2c1C. The maximum atomic E-state index is 12.4. The number of nitrogens with one attached hydrogen (secondary N) is 2. The lowest BCUT2D eigenvalue weighted by Crippen LogP contribution is -2.34. The van der Waals surface area contributed by atoms with E-state index in [0.29, 0.717) is 34.0 Å². The molecule has 4 N–H and O–H groups in total. The normalized spacial score (nSPS) is 10.7. The molecule has 2 amide bonds. The van der Waals surface area contributed by atoms with Crippen molar-refractivity contribution in [1.29, 1.82) is 0 Å². The van der Waals surface area contributed by atoms with Gasteiger partial charge in [-0.1, -0.05) is 18.2 Å². The smallest absolute Gasteiger partial charge is 0.263 e. The summed E-state index contributed by atoms with van der Waals surface area (Å²) in [5, 5.41) is 14.5. The van der Waals surface area contributed by atoms with Gasteiger partial charge in [-0.2, -0.15) is 5.10 Å². The molecular weight excluding hydrogens is 350 g/mol. The Labute approximate surface area is 154 Å². The average molecular weight is 369 g/mol. The molecule has 0 atom stereocenters. The number of hydrogen-bond acceptors (Lipinski definition) is 6. The van der Waals surface area contributed by atoms with Crippen LogP contribution in [0.3, 0.4) is 0 Å². The lowest BCUT2D eigenvalue weighted by molar-refractivity contribution is 0.0930. The van der Waals surface area contributed by atoms with Gasteiger partial charge in [-0.15, -0.1) is 16.4 Å². The Balaban J connectivity index is 1.61. The lowest BCUT2D eigenvalue weighted by Gasteiger charge is -2.07. The van der Waals surface area contributed by atoms with Gasteiger partial charge in [-0.25, -0.2) is 0 Å². The highest BCUT2D eigenvalue weighted by Gasteiger charge is 2.19. The lowest BCUT2D eigenvalue weighted by atomic mass is 10.1. The number of nitrogens with two attached hydrogens (primary N) is 1. The number of nitrogen functional groups attached to an aromatic ring is 1. The van der Waals surface area contributed by atoms with Gasteiger partial charge in [-0.05, 0) is 31.5 Å². The second-order valence-electron chi connectivity index (χ2n) is 5.81. The van der Waals surface area contributed by atoms with Gasteiger partial charge in [0, 0.05) is 24.0 Å². The number of thiophene rings is 1. The summed E-state index contributed by atoms with van der Waals surface area (Å²) in [4.78, 5) is 25.4. The second kappa shape index (κ2) is 7.49. The summed E-state index contributed by atoms with van der Waals surface area (Å²) in [6.45, 7) is 4.39. The first-order chi connectivity index (χ1) is 12.5. The predicted octanol–water partition coefficient (Wildman–Crippen LogP) is 2.05. The highest BCUT2D eigenvalue weighted by Crippen LogP contribution is 2.34. The molecule has 0 saturated heterocycles. The molecule has 0 unspecified atom stereocenters. The summed E-state index contributed by atoms with van der Waals surface area (Å²) in [7, 11) is 0. The first kappa shape index (κ1) is 17.8. The van der Waals surface area contributed by atoms with Crippen LogP contribution in [0.15, 0.2) is 30.3 Å². The Hall–Kier alpha value is -3.00. The minimum Gasteiger partial charge on any atom is -0.397 e. The number of anilines is 1. The van der Waals surface area contributed by atoms with Gasteiger partial charge in [0.25, 0.3) is 11.8 Å². The number of aromatic nitrogens is 2. The van der Waals surface area contributed by atoms with Crippen molar-refractivity contribution in [3.63, 3.8) is 0 Å². The van der Waals surface area contributed by atoms with Crippen molar-refractivity contribution in [2.24, 2.45) is 0 Å². The molecule has 3 aromatic rings. The number of rotatable bonds is 5. The van der Waals surface area contributed by atoms with E-state index in [-0.39, 0.29) is 11.8 Å². The number of carbonyl (C=O) groups is 2. The van der Waals surface area contributed by atoms with Gasteiger partial charge < -0.3 is 16.4 Å². The third-order valence-electron chi connectivity index (χ3n) is 4.07. The molecule has 0 aliphatic heterocycles. The molecule has 0 fully saturated rings. The van der Waals surface area contributed by atoms with Crippen molar-refractivity contribution >= 4 is 39.1 Å². The van der Waals surface area contributed by atoms with Crippen molar-refractivity contribution in [1.82, 2.24) is 20.8 Å². The predicted molar refractivity (Wildman–Crippen MR) is 102 cm³/mol. The third kappa shape index (κ3) is 3.50. The van der Waals surface area contributed by atoms with E-state index in [1.54, 1.807) is 24.3 Å². The zero-order valence-corrected chi connectivity index (χ0v) is 15.3. The molecule has 7 nitrogen and oxygen atoms in total. The van der Waals surface area contributed by atoms with Crippen LogP contribution >= 0.6 is 11.3 Å². The topological polar surface area (TPSA) is 110 Å². The minimum absolute atomic E-state index is 0.178. The zero-order valence-electron chi connectivity index (χ0n) is 14.5. The number of benzene rings is 1. The van der Waals surface area contributed by atoms with Crippen LogP contribution in [0.4, 0.5) is 5.69 Å². The van der Waals surface area contributed by atoms with E-state index in [9.17, 15) is 9.59 Å². The van der Waals surface area contributed by atoms with E-state index in [2.05, 4.69) is 20.8 Å². The van der Waals surface area contributed by atoms with Gasteiger partial charge >= 0.3 is 0 Å². The summed E-state index contributed by atoms with van der Waals surface area (Å²) in [5.74, 6) is -0.459. The number of amides is 2. The van der Waals surface area contributed by atoms with E-state index in [1.165, 1.54) is 11.3 Å². The summed E-state index contributed by atoms with van der Waals surface area (Å²) < 4.78 is 0. The molecule has 0 bridgehead atoms. The van der Waals surface area contributed by atoms with E-state index in [0.717, 1.165) is 16.6 Å². The first-order valence-corrected chi connectivity index (χ1v) is 8.94. The van der Waals surface area contributed by atoms with Crippen molar-refractivity contribution in [3.05, 3.63) is 52.0 Å². The highest BCUT2D eigenvalue weighted by atomic mass is 32.1. The molecule has 8 heteroatoms. The molecule has 2 heterocycles. The minimum atomic E-state index is -0.281. The fourth-order valence-corrected chi connectivity index (χ4v) is 3.55. The van der Waals surface area contributed by atoms with E-state index < -0.39 is 0 Å². The largest absolute Gasteiger partial charge is 0.397 e. The molecule has 0 spiro atoms. The number of aryl methyl sites for hydroxylation is 2. The molecule has 0 radical (unpaired) electrons. The van der Waals surface area contributed by atoms with Crippen LogP contribution in [0.1, 0.15) is 31.3 Å². The van der Waals surface area contributed by atoms with Crippen LogP contribution in [0.2, 0.25) is 0 Å². The Bertz CT molecular complexity index is 969. The highest BCUT2D eigenvalue weighted by molar-refractivity contribution is 7.21. The first-order valence-electron chi connectivity index (χ1n) is 8.12. The Morgan fingerprint density at radius 1 is 1.04 bits per heavy atom. The monoisotopic (exact) mass is 369 g/mol. The molecule has 134 valence electrons. The van der Waals surface area contributed by atoms with Crippen LogP contribution in [-0.2, 0) is 0 Å². The third-order valence-corrected chi connectivity index (χ3v) is 5.16. The van der Waals surface area contributed by atoms with Gasteiger partial charge in [0.15, 0.2) is 0 Å². The fourth-order valence-electron chi connectivity index (χ4n) is 2.53. The molecular formula is C18H19N5O2S. The number of hydrogen-bond donors (Lipinski definition) is 3. The van der Waals surface area contributed by atoms with Gasteiger partial charge in [0.05, 0.1) is 11.4 Å². The average Bonchev–Trinajstić information content (AvgIpc) is 2.99. The van der Waals surface area contributed by atoms with E-state index >= 15 is 0 Å². The number of nitrogens with zero attached hydrogens (tertiary/aromatic N) is 2. The zero-order chi connectivity index (χ0) is 18.7. The summed E-state index contributed by atoms with van der Waals surface area (Å²) in [6.07, 6.45) is 0. The number of fused-ring (bicyclic) bond motifs is 1. The maximum Gasteiger partial charge on any atom is 0.263 e. The van der Waals surface area contributed by atoms with Crippen molar-refractivity contribution in [2.45, 2.75) is 13.8 Å². The molecule has 0 saturated carbocycles. The molecule has 0 aliphatic carbocycles. The Morgan fingerprint density at radius 3 is 2.38 bits per heavy atom. The molecule has 3 rings (SSSR count). The van der Waals surface area contributed by atoms with Gasteiger partial charge in [-0.3, -0.25) is 9.59 Å². The molecule has 2 aromatic heterocycles. The van der Waals surface area contributed by atoms with E-state index in [4.69, 9.17) is 5.73 Å². The summed E-state index contributed by atoms with van der Waals surface area (Å²) in [6, 6.07) is 8.91. The fraction of sp³-hybridized carbons (Fsp3) is 0.222. The Kier molecular flexibility index (Phi) is 5.13. The Morgan fingerprint density at radius 2 is 1.69 bits per heavy atom. The van der Waals surface area contributed by atoms with Crippen molar-refractivity contribution < 1.29 is 9.59 Å². The maximum absolute atomic E-state index is 12.4. The summed E-state index contributed by atoms with van der Waals surface area (Å²) >= 11 is 1.22. The summed E-state index contributed by atoms with van der Waals surface area (Å²) in [5.41, 5.74) is 8.87. The molecule has 26 heavy (non-hydrogen) atoms. The van der Waals surface area contributed by atoms with E-state index in [1.807, 2.05) is 19.9 Å². The molecule has 0 aliphatic rings. The van der Waals surface area contributed by atoms with Gasteiger partial charge in [0.2, 0.25) is 0 Å². The van der Waals surface area contributed by atoms with Crippen LogP contribution < -0.4 is 16.4 Å².